The summed E-state index contributed by atoms with van der Waals surface area (Å²) < 4.78 is 6.02. The largest absolute Gasteiger partial charge is 0.436 e. The maximum absolute atomic E-state index is 6.02. The Labute approximate surface area is 119 Å². The van der Waals surface area contributed by atoms with Crippen LogP contribution in [0.4, 0.5) is 0 Å². The van der Waals surface area contributed by atoms with Gasteiger partial charge >= 0.3 is 0 Å². The van der Waals surface area contributed by atoms with Gasteiger partial charge in [0.05, 0.1) is 0 Å². The summed E-state index contributed by atoms with van der Waals surface area (Å²) in [6, 6.07) is 6.41. The predicted octanol–water partition coefficient (Wildman–Crippen LogP) is 4.76. The number of ether oxygens (including phenoxy) is 1. The lowest BCUT2D eigenvalue weighted by Gasteiger charge is -2.08. The van der Waals surface area contributed by atoms with Crippen molar-refractivity contribution in [3.63, 3.8) is 0 Å². The second kappa shape index (κ2) is 5.16. The molecule has 1 N–H and O–H groups in total. The summed E-state index contributed by atoms with van der Waals surface area (Å²) in [6.07, 6.45) is 6.34. The molecule has 20 heavy (non-hydrogen) atoms. The van der Waals surface area contributed by atoms with Crippen molar-refractivity contribution in [3.8, 4) is 11.6 Å². The van der Waals surface area contributed by atoms with Crippen molar-refractivity contribution in [3.05, 3.63) is 40.8 Å². The van der Waals surface area contributed by atoms with Crippen LogP contribution in [0.2, 0.25) is 0 Å². The average molecular weight is 268 g/mol. The number of hydrogen-bond acceptors (Lipinski definition) is 2. The Morgan fingerprint density at radius 1 is 1.25 bits per heavy atom. The highest BCUT2D eigenvalue weighted by molar-refractivity contribution is 5.75. The number of imidazole rings is 1. The van der Waals surface area contributed by atoms with E-state index in [1.54, 1.807) is 0 Å². The quantitative estimate of drug-likeness (QED) is 0.743. The molecule has 2 aromatic rings. The number of aromatic nitrogens is 2. The van der Waals surface area contributed by atoms with E-state index >= 15 is 0 Å². The first-order valence-electron chi connectivity index (χ1n) is 7.26. The van der Waals surface area contributed by atoms with Crippen LogP contribution in [0.1, 0.15) is 55.8 Å². The van der Waals surface area contributed by atoms with Crippen LogP contribution in [0, 0.1) is 0 Å². The Kier molecular flexibility index (Phi) is 3.35. The number of fused-ring (bicyclic) bond motifs is 2. The summed E-state index contributed by atoms with van der Waals surface area (Å²) in [5.74, 6) is 2.91. The van der Waals surface area contributed by atoms with E-state index in [-0.39, 0.29) is 0 Å². The Hall–Kier alpha value is -2.03. The van der Waals surface area contributed by atoms with Gasteiger partial charge in [-0.05, 0) is 30.2 Å². The fourth-order valence-electron chi connectivity index (χ4n) is 2.38. The third-order valence-electron chi connectivity index (χ3n) is 3.51. The van der Waals surface area contributed by atoms with Crippen LogP contribution in [-0.4, -0.2) is 9.97 Å². The van der Waals surface area contributed by atoms with Gasteiger partial charge < -0.3 is 9.72 Å². The molecule has 3 nitrogen and oxygen atoms in total. The molecule has 1 aliphatic rings. The Morgan fingerprint density at radius 3 is 2.85 bits per heavy atom. The van der Waals surface area contributed by atoms with Crippen LogP contribution in [0.15, 0.2) is 18.2 Å². The molecular formula is C17H20N2O. The van der Waals surface area contributed by atoms with Crippen molar-refractivity contribution in [1.29, 1.82) is 0 Å². The molecule has 0 saturated carbocycles. The lowest BCUT2D eigenvalue weighted by molar-refractivity contribution is 0.462. The molecule has 104 valence electrons. The monoisotopic (exact) mass is 268 g/mol. The van der Waals surface area contributed by atoms with E-state index < -0.39 is 0 Å². The number of rotatable bonds is 3. The van der Waals surface area contributed by atoms with Crippen LogP contribution in [0.25, 0.3) is 12.2 Å². The molecule has 0 spiro atoms. The van der Waals surface area contributed by atoms with Crippen LogP contribution in [0.5, 0.6) is 11.6 Å². The second-order valence-electron chi connectivity index (χ2n) is 5.55. The highest BCUT2D eigenvalue weighted by Crippen LogP contribution is 2.34. The minimum absolute atomic E-state index is 0.366. The predicted molar refractivity (Wildman–Crippen MR) is 82.1 cm³/mol. The fraction of sp³-hybridized carbons (Fsp3) is 0.353. The van der Waals surface area contributed by atoms with E-state index in [0.29, 0.717) is 11.8 Å². The molecule has 3 rings (SSSR count). The molecule has 0 fully saturated rings. The standard InChI is InChI=1S/C17H20N2O/c1-4-5-12-6-7-13-8-9-14-17(20-15(13)10-12)19-16(18-14)11(2)3/h6-11H,4-5H2,1-3H3,(H,18,19). The van der Waals surface area contributed by atoms with Gasteiger partial charge in [0, 0.05) is 11.5 Å². The minimum Gasteiger partial charge on any atom is -0.436 e. The number of nitrogens with one attached hydrogen (secondary N) is 1. The first-order valence-corrected chi connectivity index (χ1v) is 7.26. The minimum atomic E-state index is 0.366. The van der Waals surface area contributed by atoms with E-state index in [2.05, 4.69) is 55.0 Å². The molecule has 0 aliphatic carbocycles. The van der Waals surface area contributed by atoms with Gasteiger partial charge in [-0.3, -0.25) is 0 Å². The van der Waals surface area contributed by atoms with Gasteiger partial charge in [-0.15, -0.1) is 0 Å². The number of benzene rings is 1. The normalized spacial score (nSPS) is 12.8. The van der Waals surface area contributed by atoms with E-state index in [1.165, 1.54) is 5.56 Å². The molecule has 0 radical (unpaired) electrons. The SMILES string of the molecule is CCCc1ccc2c(c1)Oc1nc(C(C)C)[nH]c1C=C2. The van der Waals surface area contributed by atoms with Gasteiger partial charge in [0.25, 0.3) is 0 Å². The number of nitrogens with zero attached hydrogens (tertiary/aromatic N) is 1. The molecule has 1 aromatic heterocycles. The molecule has 3 heteroatoms. The number of H-pyrrole nitrogens is 1. The lowest BCUT2D eigenvalue weighted by Crippen LogP contribution is -1.92. The van der Waals surface area contributed by atoms with Crippen molar-refractivity contribution < 1.29 is 4.74 Å². The summed E-state index contributed by atoms with van der Waals surface area (Å²) in [6.45, 7) is 6.43. The van der Waals surface area contributed by atoms with Crippen molar-refractivity contribution in [2.75, 3.05) is 0 Å². The Bertz CT molecular complexity index is 653. The van der Waals surface area contributed by atoms with Crippen molar-refractivity contribution in [1.82, 2.24) is 9.97 Å². The highest BCUT2D eigenvalue weighted by atomic mass is 16.5. The van der Waals surface area contributed by atoms with E-state index in [9.17, 15) is 0 Å². The summed E-state index contributed by atoms with van der Waals surface area (Å²) >= 11 is 0. The van der Waals surface area contributed by atoms with Crippen molar-refractivity contribution in [2.24, 2.45) is 0 Å². The lowest BCUT2D eigenvalue weighted by atomic mass is 10.1. The number of hydrogen-bond donors (Lipinski definition) is 1. The smallest absolute Gasteiger partial charge is 0.245 e. The van der Waals surface area contributed by atoms with Gasteiger partial charge in [-0.2, -0.15) is 4.98 Å². The average Bonchev–Trinajstić information content (AvgIpc) is 2.74. The van der Waals surface area contributed by atoms with E-state index in [1.807, 2.05) is 6.08 Å². The summed E-state index contributed by atoms with van der Waals surface area (Å²) in [7, 11) is 0. The molecule has 1 aliphatic heterocycles. The number of aryl methyl sites for hydroxylation is 1. The zero-order valence-electron chi connectivity index (χ0n) is 12.2. The van der Waals surface area contributed by atoms with Gasteiger partial charge in [-0.25, -0.2) is 0 Å². The zero-order valence-corrected chi connectivity index (χ0v) is 12.2. The Morgan fingerprint density at radius 2 is 2.10 bits per heavy atom. The maximum atomic E-state index is 6.02. The Balaban J connectivity index is 1.99. The maximum Gasteiger partial charge on any atom is 0.245 e. The first kappa shape index (κ1) is 13.0. The molecular weight excluding hydrogens is 248 g/mol. The molecule has 0 bridgehead atoms. The molecule has 2 heterocycles. The zero-order chi connectivity index (χ0) is 14.1. The van der Waals surface area contributed by atoms with Crippen molar-refractivity contribution in [2.45, 2.75) is 39.5 Å². The highest BCUT2D eigenvalue weighted by Gasteiger charge is 2.17. The van der Waals surface area contributed by atoms with Crippen LogP contribution < -0.4 is 4.74 Å². The van der Waals surface area contributed by atoms with Gasteiger partial charge in [0.1, 0.15) is 17.3 Å². The third-order valence-corrected chi connectivity index (χ3v) is 3.51. The van der Waals surface area contributed by atoms with Gasteiger partial charge in [0.15, 0.2) is 0 Å². The van der Waals surface area contributed by atoms with Crippen LogP contribution in [0.3, 0.4) is 0 Å². The molecule has 0 amide bonds. The summed E-state index contributed by atoms with van der Waals surface area (Å²) in [4.78, 5) is 7.88. The van der Waals surface area contributed by atoms with E-state index in [0.717, 1.165) is 35.7 Å². The molecule has 1 aromatic carbocycles. The molecule has 0 unspecified atom stereocenters. The topological polar surface area (TPSA) is 37.9 Å². The summed E-state index contributed by atoms with van der Waals surface area (Å²) in [5.41, 5.74) is 3.35. The van der Waals surface area contributed by atoms with Gasteiger partial charge in [0.2, 0.25) is 5.88 Å². The molecule has 0 atom stereocenters. The van der Waals surface area contributed by atoms with Gasteiger partial charge in [-0.1, -0.05) is 39.3 Å². The summed E-state index contributed by atoms with van der Waals surface area (Å²) in [5, 5.41) is 0. The second-order valence-corrected chi connectivity index (χ2v) is 5.55. The fourth-order valence-corrected chi connectivity index (χ4v) is 2.38. The van der Waals surface area contributed by atoms with Crippen molar-refractivity contribution >= 4 is 12.2 Å². The number of aromatic amines is 1. The van der Waals surface area contributed by atoms with Crippen LogP contribution in [-0.2, 0) is 6.42 Å². The van der Waals surface area contributed by atoms with Crippen LogP contribution >= 0.6 is 0 Å². The first-order chi connectivity index (χ1) is 9.67. The molecule has 0 saturated heterocycles. The van der Waals surface area contributed by atoms with E-state index in [4.69, 9.17) is 4.74 Å². The third kappa shape index (κ3) is 2.36.